The SMILES string of the molecule is CCOC(=O)c1ccc(Nc2nc3nonc3nc2N=NCc2cccc3ccccc23)cc1. The zero-order chi connectivity index (χ0) is 23.3. The van der Waals surface area contributed by atoms with Crippen LogP contribution in [0.5, 0.6) is 0 Å². The number of hydrogen-bond donors (Lipinski definition) is 1. The quantitative estimate of drug-likeness (QED) is 0.257. The predicted molar refractivity (Wildman–Crippen MR) is 125 cm³/mol. The normalized spacial score (nSPS) is 11.3. The highest BCUT2D eigenvalue weighted by molar-refractivity contribution is 5.90. The van der Waals surface area contributed by atoms with Gasteiger partial charge in [0, 0.05) is 5.69 Å². The number of ether oxygens (including phenoxy) is 1. The van der Waals surface area contributed by atoms with Gasteiger partial charge in [0.1, 0.15) is 0 Å². The minimum atomic E-state index is -0.383. The molecule has 0 aliphatic heterocycles. The molecular formula is C24H19N7O3. The third kappa shape index (κ3) is 4.42. The zero-order valence-corrected chi connectivity index (χ0v) is 18.2. The number of rotatable bonds is 7. The van der Waals surface area contributed by atoms with Gasteiger partial charge in [-0.25, -0.2) is 14.4 Å². The number of carbonyl (C=O) groups is 1. The first-order valence-electron chi connectivity index (χ1n) is 10.6. The minimum Gasteiger partial charge on any atom is -0.462 e. The van der Waals surface area contributed by atoms with Gasteiger partial charge in [0.05, 0.1) is 18.7 Å². The number of azo groups is 1. The number of aromatic nitrogens is 4. The summed E-state index contributed by atoms with van der Waals surface area (Å²) in [4.78, 5) is 20.7. The van der Waals surface area contributed by atoms with Gasteiger partial charge in [-0.05, 0) is 57.8 Å². The zero-order valence-electron chi connectivity index (χ0n) is 18.2. The van der Waals surface area contributed by atoms with Gasteiger partial charge in [0.15, 0.2) is 5.82 Å². The van der Waals surface area contributed by atoms with Gasteiger partial charge in [0.2, 0.25) is 17.1 Å². The Balaban J connectivity index is 1.41. The summed E-state index contributed by atoms with van der Waals surface area (Å²) < 4.78 is 9.75. The highest BCUT2D eigenvalue weighted by Crippen LogP contribution is 2.27. The van der Waals surface area contributed by atoms with Crippen LogP contribution in [0.1, 0.15) is 22.8 Å². The molecular weight excluding hydrogens is 434 g/mol. The smallest absolute Gasteiger partial charge is 0.338 e. The van der Waals surface area contributed by atoms with E-state index in [2.05, 4.69) is 54.0 Å². The molecule has 10 nitrogen and oxygen atoms in total. The maximum atomic E-state index is 11.9. The van der Waals surface area contributed by atoms with Gasteiger partial charge in [-0.3, -0.25) is 0 Å². The largest absolute Gasteiger partial charge is 0.462 e. The van der Waals surface area contributed by atoms with E-state index in [1.54, 1.807) is 31.2 Å². The lowest BCUT2D eigenvalue weighted by Gasteiger charge is -2.08. The molecule has 0 saturated heterocycles. The molecule has 168 valence electrons. The van der Waals surface area contributed by atoms with E-state index >= 15 is 0 Å². The van der Waals surface area contributed by atoms with Gasteiger partial charge in [-0.1, -0.05) is 42.5 Å². The summed E-state index contributed by atoms with van der Waals surface area (Å²) in [5.74, 6) is 0.179. The van der Waals surface area contributed by atoms with Crippen molar-refractivity contribution < 1.29 is 14.2 Å². The number of fused-ring (bicyclic) bond motifs is 2. The molecule has 0 fully saturated rings. The molecule has 5 aromatic rings. The average Bonchev–Trinajstić information content (AvgIpc) is 3.32. The Hall–Kier alpha value is -4.73. The van der Waals surface area contributed by atoms with E-state index in [0.717, 1.165) is 16.3 Å². The number of nitrogens with one attached hydrogen (secondary N) is 1. The molecule has 2 aromatic heterocycles. The van der Waals surface area contributed by atoms with Crippen molar-refractivity contribution >= 4 is 45.4 Å². The number of nitrogens with zero attached hydrogens (tertiary/aromatic N) is 6. The van der Waals surface area contributed by atoms with Crippen LogP contribution in [-0.2, 0) is 11.3 Å². The molecule has 0 unspecified atom stereocenters. The van der Waals surface area contributed by atoms with Crippen LogP contribution in [-0.4, -0.2) is 32.9 Å². The lowest BCUT2D eigenvalue weighted by Crippen LogP contribution is -2.04. The lowest BCUT2D eigenvalue weighted by molar-refractivity contribution is 0.0526. The van der Waals surface area contributed by atoms with Crippen LogP contribution in [0.25, 0.3) is 22.1 Å². The number of hydrogen-bond acceptors (Lipinski definition) is 10. The summed E-state index contributed by atoms with van der Waals surface area (Å²) in [5.41, 5.74) is 2.62. The second kappa shape index (κ2) is 9.41. The molecule has 0 radical (unpaired) electrons. The highest BCUT2D eigenvalue weighted by atomic mass is 16.6. The van der Waals surface area contributed by atoms with E-state index < -0.39 is 0 Å². The fraction of sp³-hybridized carbons (Fsp3) is 0.125. The summed E-state index contributed by atoms with van der Waals surface area (Å²) >= 11 is 0. The first kappa shape index (κ1) is 21.1. The first-order chi connectivity index (χ1) is 16.7. The molecule has 3 aromatic carbocycles. The van der Waals surface area contributed by atoms with E-state index in [1.807, 2.05) is 24.3 Å². The fourth-order valence-corrected chi connectivity index (χ4v) is 3.43. The second-order valence-corrected chi connectivity index (χ2v) is 7.27. The molecule has 0 atom stereocenters. The maximum absolute atomic E-state index is 11.9. The number of anilines is 2. The van der Waals surface area contributed by atoms with Crippen molar-refractivity contribution in [1.82, 2.24) is 20.3 Å². The molecule has 2 heterocycles. The van der Waals surface area contributed by atoms with Crippen LogP contribution >= 0.6 is 0 Å². The van der Waals surface area contributed by atoms with Crippen molar-refractivity contribution in [3.63, 3.8) is 0 Å². The Bertz CT molecular complexity index is 1490. The molecule has 0 saturated carbocycles. The second-order valence-electron chi connectivity index (χ2n) is 7.27. The lowest BCUT2D eigenvalue weighted by atomic mass is 10.1. The van der Waals surface area contributed by atoms with Crippen LogP contribution in [0.4, 0.5) is 17.3 Å². The molecule has 0 amide bonds. The first-order valence-corrected chi connectivity index (χ1v) is 10.6. The molecule has 0 aliphatic carbocycles. The van der Waals surface area contributed by atoms with Crippen molar-refractivity contribution in [2.24, 2.45) is 10.2 Å². The van der Waals surface area contributed by atoms with Gasteiger partial charge in [-0.15, -0.1) is 5.11 Å². The van der Waals surface area contributed by atoms with Gasteiger partial charge in [-0.2, -0.15) is 10.1 Å². The maximum Gasteiger partial charge on any atom is 0.338 e. The number of benzene rings is 3. The Morgan fingerprint density at radius 1 is 0.971 bits per heavy atom. The Morgan fingerprint density at radius 2 is 1.74 bits per heavy atom. The summed E-state index contributed by atoms with van der Waals surface area (Å²) in [5, 5.41) is 21.6. The van der Waals surface area contributed by atoms with Crippen LogP contribution in [0, 0.1) is 0 Å². The predicted octanol–water partition coefficient (Wildman–Crippen LogP) is 5.37. The molecule has 0 aliphatic rings. The molecule has 0 spiro atoms. The van der Waals surface area contributed by atoms with E-state index in [0.29, 0.717) is 30.2 Å². The van der Waals surface area contributed by atoms with Crippen LogP contribution in [0.2, 0.25) is 0 Å². The van der Waals surface area contributed by atoms with Crippen molar-refractivity contribution in [2.45, 2.75) is 13.5 Å². The van der Waals surface area contributed by atoms with Gasteiger partial charge >= 0.3 is 5.97 Å². The van der Waals surface area contributed by atoms with Crippen molar-refractivity contribution in [1.29, 1.82) is 0 Å². The third-order valence-electron chi connectivity index (χ3n) is 5.04. The molecule has 34 heavy (non-hydrogen) atoms. The summed E-state index contributed by atoms with van der Waals surface area (Å²) in [6.07, 6.45) is 0. The van der Waals surface area contributed by atoms with E-state index in [9.17, 15) is 4.79 Å². The number of esters is 1. The van der Waals surface area contributed by atoms with Gasteiger partial charge in [0.25, 0.3) is 0 Å². The molecule has 10 heteroatoms. The highest BCUT2D eigenvalue weighted by Gasteiger charge is 2.14. The van der Waals surface area contributed by atoms with E-state index in [-0.39, 0.29) is 23.1 Å². The fourth-order valence-electron chi connectivity index (χ4n) is 3.43. The summed E-state index contributed by atoms with van der Waals surface area (Å²) in [6, 6.07) is 21.0. The summed E-state index contributed by atoms with van der Waals surface area (Å²) in [6.45, 7) is 2.44. The van der Waals surface area contributed by atoms with Crippen LogP contribution in [0.3, 0.4) is 0 Å². The van der Waals surface area contributed by atoms with E-state index in [1.165, 1.54) is 0 Å². The van der Waals surface area contributed by atoms with Crippen LogP contribution in [0.15, 0.2) is 81.6 Å². The van der Waals surface area contributed by atoms with Crippen molar-refractivity contribution in [3.8, 4) is 0 Å². The van der Waals surface area contributed by atoms with Gasteiger partial charge < -0.3 is 10.1 Å². The monoisotopic (exact) mass is 453 g/mol. The molecule has 5 rings (SSSR count). The average molecular weight is 453 g/mol. The van der Waals surface area contributed by atoms with E-state index in [4.69, 9.17) is 9.37 Å². The van der Waals surface area contributed by atoms with Crippen molar-refractivity contribution in [3.05, 3.63) is 77.9 Å². The molecule has 1 N–H and O–H groups in total. The minimum absolute atomic E-state index is 0.224. The standard InChI is InChI=1S/C24H19N7O3/c1-2-33-24(32)16-10-12-18(13-11-16)26-20-21(28-23-22(27-20)30-34-31-23)29-25-14-17-8-5-7-15-6-3-4-9-19(15)17/h3-13H,2,14H2,1H3,(H,26,27,30). The Morgan fingerprint density at radius 3 is 2.56 bits per heavy atom. The third-order valence-corrected chi connectivity index (χ3v) is 5.04. The van der Waals surface area contributed by atoms with Crippen molar-refractivity contribution in [2.75, 3.05) is 11.9 Å². The molecule has 0 bridgehead atoms. The Kier molecular flexibility index (Phi) is 5.85. The topological polar surface area (TPSA) is 128 Å². The number of carbonyl (C=O) groups excluding carboxylic acids is 1. The Labute approximate surface area is 193 Å². The summed E-state index contributed by atoms with van der Waals surface area (Å²) in [7, 11) is 0. The van der Waals surface area contributed by atoms with Crippen LogP contribution < -0.4 is 5.32 Å².